The monoisotopic (exact) mass is 399 g/mol. The number of aryl methyl sites for hydroxylation is 1. The normalized spacial score (nSPS) is 11.7. The summed E-state index contributed by atoms with van der Waals surface area (Å²) in [6, 6.07) is 20.3. The molecule has 8 nitrogen and oxygen atoms in total. The summed E-state index contributed by atoms with van der Waals surface area (Å²) < 4.78 is 6.85. The summed E-state index contributed by atoms with van der Waals surface area (Å²) >= 11 is 0. The molecule has 0 bridgehead atoms. The van der Waals surface area contributed by atoms with Crippen LogP contribution in [-0.2, 0) is 11.8 Å². The molecule has 8 heteroatoms. The molecule has 0 saturated heterocycles. The van der Waals surface area contributed by atoms with Crippen LogP contribution in [0.4, 0.5) is 0 Å². The molecule has 0 saturated carbocycles. The zero-order chi connectivity index (χ0) is 21.1. The van der Waals surface area contributed by atoms with Crippen LogP contribution in [0.3, 0.4) is 0 Å². The van der Waals surface area contributed by atoms with Gasteiger partial charge in [0.1, 0.15) is 23.9 Å². The quantitative estimate of drug-likeness (QED) is 0.301. The molecule has 2 heterocycles. The lowest BCUT2D eigenvalue weighted by Crippen LogP contribution is -2.10. The molecule has 0 aliphatic carbocycles. The number of nitrogens with one attached hydrogen (secondary N) is 1. The molecule has 0 radical (unpaired) electrons. The minimum absolute atomic E-state index is 0.0592. The number of aromatic amines is 1. The Bertz CT molecular complexity index is 1300. The molecule has 148 valence electrons. The summed E-state index contributed by atoms with van der Waals surface area (Å²) in [7, 11) is 1.75. The minimum atomic E-state index is -0.696. The van der Waals surface area contributed by atoms with E-state index >= 15 is 0 Å². The van der Waals surface area contributed by atoms with Gasteiger partial charge in [-0.3, -0.25) is 5.10 Å². The number of hydrogen-bond acceptors (Lipinski definition) is 6. The van der Waals surface area contributed by atoms with Gasteiger partial charge in [-0.15, -0.1) is 0 Å². The maximum atomic E-state index is 12.3. The van der Waals surface area contributed by atoms with E-state index in [-0.39, 0.29) is 17.0 Å². The predicted molar refractivity (Wildman–Crippen MR) is 110 cm³/mol. The van der Waals surface area contributed by atoms with E-state index in [9.17, 15) is 15.2 Å². The number of carbonyl (C=O) groups excluding carboxylic acids is 1. The van der Waals surface area contributed by atoms with E-state index in [0.717, 1.165) is 11.1 Å². The van der Waals surface area contributed by atoms with Crippen molar-refractivity contribution in [1.29, 1.82) is 5.26 Å². The molecule has 0 fully saturated rings. The van der Waals surface area contributed by atoms with E-state index in [4.69, 9.17) is 4.74 Å². The van der Waals surface area contributed by atoms with Crippen molar-refractivity contribution in [2.24, 2.45) is 7.05 Å². The van der Waals surface area contributed by atoms with Gasteiger partial charge in [-0.2, -0.15) is 10.4 Å². The first kappa shape index (κ1) is 19.0. The van der Waals surface area contributed by atoms with Crippen LogP contribution in [-0.4, -0.2) is 37.4 Å². The van der Waals surface area contributed by atoms with E-state index < -0.39 is 12.6 Å². The number of fused-ring (bicyclic) bond motifs is 1. The summed E-state index contributed by atoms with van der Waals surface area (Å²) in [6.45, 7) is -0.468. The van der Waals surface area contributed by atoms with Crippen molar-refractivity contribution in [3.63, 3.8) is 0 Å². The Labute approximate surface area is 171 Å². The van der Waals surface area contributed by atoms with Crippen molar-refractivity contribution in [3.8, 4) is 17.3 Å². The highest BCUT2D eigenvalue weighted by Crippen LogP contribution is 2.22. The van der Waals surface area contributed by atoms with Crippen molar-refractivity contribution in [2.75, 3.05) is 6.61 Å². The molecular formula is C22H17N5O3. The van der Waals surface area contributed by atoms with E-state index in [1.165, 1.54) is 0 Å². The van der Waals surface area contributed by atoms with Crippen LogP contribution in [0, 0.1) is 11.3 Å². The summed E-state index contributed by atoms with van der Waals surface area (Å²) in [5, 5.41) is 26.7. The second-order valence-corrected chi connectivity index (χ2v) is 6.53. The largest absolute Gasteiger partial charge is 0.507 e. The van der Waals surface area contributed by atoms with E-state index in [1.54, 1.807) is 17.7 Å². The smallest absolute Gasteiger partial charge is 0.356 e. The van der Waals surface area contributed by atoms with Crippen molar-refractivity contribution < 1.29 is 14.6 Å². The van der Waals surface area contributed by atoms with Crippen LogP contribution >= 0.6 is 0 Å². The number of nitrogens with zero attached hydrogens (tertiary/aromatic N) is 4. The number of rotatable bonds is 5. The van der Waals surface area contributed by atoms with Gasteiger partial charge in [-0.25, -0.2) is 9.78 Å². The van der Waals surface area contributed by atoms with E-state index in [0.29, 0.717) is 17.0 Å². The summed E-state index contributed by atoms with van der Waals surface area (Å²) in [5.41, 5.74) is 3.04. The van der Waals surface area contributed by atoms with Gasteiger partial charge >= 0.3 is 5.97 Å². The van der Waals surface area contributed by atoms with Gasteiger partial charge in [0.15, 0.2) is 11.6 Å². The highest BCUT2D eigenvalue weighted by molar-refractivity contribution is 5.89. The number of hydrogen-bond donors (Lipinski definition) is 2. The Morgan fingerprint density at radius 2 is 1.93 bits per heavy atom. The number of aromatic nitrogens is 4. The highest BCUT2D eigenvalue weighted by atomic mass is 16.5. The molecule has 0 amide bonds. The lowest BCUT2D eigenvalue weighted by molar-refractivity contribution is 0.0496. The summed E-state index contributed by atoms with van der Waals surface area (Å²) in [6.07, 6.45) is 0. The molecule has 2 N–H and O–H groups in total. The Hall–Kier alpha value is -4.38. The van der Waals surface area contributed by atoms with Crippen molar-refractivity contribution in [2.45, 2.75) is 0 Å². The number of carbonyl (C=O) groups is 1. The third-order valence-corrected chi connectivity index (χ3v) is 4.62. The van der Waals surface area contributed by atoms with Crippen LogP contribution in [0.25, 0.3) is 27.9 Å². The Morgan fingerprint density at radius 3 is 2.67 bits per heavy atom. The molecule has 0 aliphatic rings. The average Bonchev–Trinajstić information content (AvgIpc) is 3.39. The number of allylic oxidation sites excluding steroid dienone is 1. The maximum absolute atomic E-state index is 12.3. The maximum Gasteiger partial charge on any atom is 0.356 e. The number of ether oxygens (including phenoxy) is 1. The lowest BCUT2D eigenvalue weighted by atomic mass is 10.1. The number of aliphatic hydroxyl groups excluding tert-OH is 1. The lowest BCUT2D eigenvalue weighted by Gasteiger charge is -2.06. The minimum Gasteiger partial charge on any atom is -0.507 e. The third kappa shape index (κ3) is 3.52. The van der Waals surface area contributed by atoms with E-state index in [2.05, 4.69) is 15.2 Å². The number of H-pyrrole nitrogens is 1. The van der Waals surface area contributed by atoms with Gasteiger partial charge < -0.3 is 14.4 Å². The number of esters is 1. The van der Waals surface area contributed by atoms with Crippen LogP contribution in [0.5, 0.6) is 0 Å². The summed E-state index contributed by atoms with van der Waals surface area (Å²) in [4.78, 5) is 16.7. The van der Waals surface area contributed by atoms with Crippen LogP contribution in [0.15, 0.2) is 66.4 Å². The fourth-order valence-corrected chi connectivity index (χ4v) is 3.08. The van der Waals surface area contributed by atoms with Gasteiger partial charge in [0.2, 0.25) is 0 Å². The summed E-state index contributed by atoms with van der Waals surface area (Å²) in [5.74, 6) is -0.786. The molecule has 0 unspecified atom stereocenters. The van der Waals surface area contributed by atoms with Gasteiger partial charge in [0.05, 0.1) is 16.7 Å². The van der Waals surface area contributed by atoms with Gasteiger partial charge in [0.25, 0.3) is 0 Å². The van der Waals surface area contributed by atoms with Crippen LogP contribution in [0.2, 0.25) is 0 Å². The zero-order valence-corrected chi connectivity index (χ0v) is 16.0. The second-order valence-electron chi connectivity index (χ2n) is 6.53. The first-order chi connectivity index (χ1) is 14.6. The standard InChI is InChI=1S/C22H17N5O3/c1-27-19-10-6-5-9-16(19)24-21(27)15(12-23)20(28)13-30-22(29)18-11-17(25-26-18)14-7-3-2-4-8-14/h2-11,28H,13H2,1H3,(H,25,26)/b20-15-. The predicted octanol–water partition coefficient (Wildman–Crippen LogP) is 3.61. The third-order valence-electron chi connectivity index (χ3n) is 4.62. The SMILES string of the molecule is Cn1c(/C(C#N)=C(\O)COC(=O)c2cc(-c3ccccc3)n[nH]2)nc2ccccc21. The number of aliphatic hydroxyl groups is 1. The highest BCUT2D eigenvalue weighted by Gasteiger charge is 2.19. The van der Waals surface area contributed by atoms with Gasteiger partial charge in [0, 0.05) is 12.6 Å². The second kappa shape index (κ2) is 7.93. The van der Waals surface area contributed by atoms with Crippen molar-refractivity contribution in [1.82, 2.24) is 19.7 Å². The molecule has 30 heavy (non-hydrogen) atoms. The first-order valence-corrected chi connectivity index (χ1v) is 9.10. The number of imidazole rings is 1. The Kier molecular flexibility index (Phi) is 5.01. The number of para-hydroxylation sites is 2. The zero-order valence-electron chi connectivity index (χ0n) is 16.0. The average molecular weight is 399 g/mol. The molecule has 0 atom stereocenters. The fraction of sp³-hybridized carbons (Fsp3) is 0.0909. The Balaban J connectivity index is 1.52. The van der Waals surface area contributed by atoms with Gasteiger partial charge in [-0.05, 0) is 18.2 Å². The van der Waals surface area contributed by atoms with Crippen LogP contribution < -0.4 is 0 Å². The Morgan fingerprint density at radius 1 is 1.20 bits per heavy atom. The van der Waals surface area contributed by atoms with Crippen molar-refractivity contribution in [3.05, 3.63) is 77.9 Å². The topological polar surface area (TPSA) is 117 Å². The molecule has 2 aromatic carbocycles. The molecule has 0 spiro atoms. The molecule has 4 rings (SSSR count). The van der Waals surface area contributed by atoms with Crippen molar-refractivity contribution >= 4 is 22.6 Å². The van der Waals surface area contributed by atoms with Gasteiger partial charge in [-0.1, -0.05) is 42.5 Å². The molecule has 0 aliphatic heterocycles. The first-order valence-electron chi connectivity index (χ1n) is 9.10. The number of nitriles is 1. The van der Waals surface area contributed by atoms with Crippen LogP contribution in [0.1, 0.15) is 16.3 Å². The van der Waals surface area contributed by atoms with E-state index in [1.807, 2.05) is 60.7 Å². The molecular weight excluding hydrogens is 382 g/mol. The molecule has 2 aromatic heterocycles. The fourth-order valence-electron chi connectivity index (χ4n) is 3.08. The molecule has 4 aromatic rings. The number of benzene rings is 2.